The van der Waals surface area contributed by atoms with Crippen molar-refractivity contribution in [1.29, 1.82) is 0 Å². The third-order valence-electron chi connectivity index (χ3n) is 4.99. The van der Waals surface area contributed by atoms with E-state index in [0.29, 0.717) is 18.0 Å². The van der Waals surface area contributed by atoms with E-state index < -0.39 is 18.1 Å². The Kier molecular flexibility index (Phi) is 6.10. The van der Waals surface area contributed by atoms with Crippen molar-refractivity contribution in [1.82, 2.24) is 15.2 Å². The van der Waals surface area contributed by atoms with E-state index in [-0.39, 0.29) is 23.5 Å². The van der Waals surface area contributed by atoms with Gasteiger partial charge >= 0.3 is 0 Å². The van der Waals surface area contributed by atoms with Gasteiger partial charge in [0.25, 0.3) is 0 Å². The standard InChI is InChI=1S/C20H26N4O3S/c1-11(2)16(23-18(26)12(3)21)20(27)24-10-6-8-14(24)17(25)19-22-13-7-4-5-9-15(13)28-19/h4-5,7,9,11-12,14,16H,6,8,10,21H2,1-3H3,(H,23,26)/t12-,14-,16-/m0/s1. The van der Waals surface area contributed by atoms with Gasteiger partial charge in [0.15, 0.2) is 5.01 Å². The molecule has 7 nitrogen and oxygen atoms in total. The van der Waals surface area contributed by atoms with E-state index >= 15 is 0 Å². The number of carbonyl (C=O) groups is 3. The second-order valence-corrected chi connectivity index (χ2v) is 8.59. The molecule has 3 N–H and O–H groups in total. The molecule has 8 heteroatoms. The van der Waals surface area contributed by atoms with E-state index in [4.69, 9.17) is 5.73 Å². The van der Waals surface area contributed by atoms with Gasteiger partial charge in [-0.2, -0.15) is 0 Å². The molecular weight excluding hydrogens is 376 g/mol. The van der Waals surface area contributed by atoms with E-state index in [1.54, 1.807) is 11.8 Å². The van der Waals surface area contributed by atoms with Crippen LogP contribution in [0.25, 0.3) is 10.2 Å². The summed E-state index contributed by atoms with van der Waals surface area (Å²) in [5.74, 6) is -0.858. The number of para-hydroxylation sites is 1. The smallest absolute Gasteiger partial charge is 0.246 e. The van der Waals surface area contributed by atoms with E-state index in [2.05, 4.69) is 10.3 Å². The van der Waals surface area contributed by atoms with Gasteiger partial charge < -0.3 is 16.0 Å². The SMILES string of the molecule is CC(C)[C@H](NC(=O)[C@H](C)N)C(=O)N1CCC[C@H]1C(=O)c1nc2ccccc2s1. The highest BCUT2D eigenvalue weighted by Gasteiger charge is 2.39. The lowest BCUT2D eigenvalue weighted by Crippen LogP contribution is -2.56. The van der Waals surface area contributed by atoms with Crippen molar-refractivity contribution in [2.24, 2.45) is 11.7 Å². The van der Waals surface area contributed by atoms with Gasteiger partial charge in [0.2, 0.25) is 17.6 Å². The summed E-state index contributed by atoms with van der Waals surface area (Å²) in [5.41, 5.74) is 6.42. The van der Waals surface area contributed by atoms with Crippen LogP contribution in [0.1, 0.15) is 43.4 Å². The zero-order valence-electron chi connectivity index (χ0n) is 16.3. The normalized spacial score (nSPS) is 19.0. The molecule has 1 aromatic carbocycles. The molecule has 2 heterocycles. The highest BCUT2D eigenvalue weighted by Crippen LogP contribution is 2.28. The summed E-state index contributed by atoms with van der Waals surface area (Å²) in [7, 11) is 0. The number of likely N-dealkylation sites (tertiary alicyclic amines) is 1. The number of aromatic nitrogens is 1. The lowest BCUT2D eigenvalue weighted by Gasteiger charge is -2.30. The van der Waals surface area contributed by atoms with Gasteiger partial charge in [0, 0.05) is 6.54 Å². The minimum absolute atomic E-state index is 0.117. The predicted octanol–water partition coefficient (Wildman–Crippen LogP) is 1.96. The van der Waals surface area contributed by atoms with Gasteiger partial charge in [-0.3, -0.25) is 14.4 Å². The van der Waals surface area contributed by atoms with Crippen LogP contribution in [0.3, 0.4) is 0 Å². The molecule has 2 aromatic rings. The first kappa shape index (κ1) is 20.4. The van der Waals surface area contributed by atoms with Gasteiger partial charge in [0.1, 0.15) is 6.04 Å². The number of carbonyl (C=O) groups excluding carboxylic acids is 3. The molecule has 0 spiro atoms. The van der Waals surface area contributed by atoms with Crippen LogP contribution in [-0.2, 0) is 9.59 Å². The Bertz CT molecular complexity index is 859. The molecule has 150 valence electrons. The van der Waals surface area contributed by atoms with Crippen LogP contribution in [0, 0.1) is 5.92 Å². The Hall–Kier alpha value is -2.32. The van der Waals surface area contributed by atoms with E-state index in [0.717, 1.165) is 16.6 Å². The highest BCUT2D eigenvalue weighted by atomic mass is 32.1. The van der Waals surface area contributed by atoms with Crippen LogP contribution in [0.15, 0.2) is 24.3 Å². The number of hydrogen-bond acceptors (Lipinski definition) is 6. The predicted molar refractivity (Wildman–Crippen MR) is 109 cm³/mol. The molecule has 3 rings (SSSR count). The van der Waals surface area contributed by atoms with Crippen molar-refractivity contribution in [3.05, 3.63) is 29.3 Å². The number of ketones is 1. The largest absolute Gasteiger partial charge is 0.343 e. The van der Waals surface area contributed by atoms with Crippen molar-refractivity contribution in [2.45, 2.75) is 51.7 Å². The summed E-state index contributed by atoms with van der Waals surface area (Å²) < 4.78 is 0.950. The zero-order valence-corrected chi connectivity index (χ0v) is 17.2. The molecule has 2 amide bonds. The maximum Gasteiger partial charge on any atom is 0.246 e. The Morgan fingerprint density at radius 3 is 2.61 bits per heavy atom. The summed E-state index contributed by atoms with van der Waals surface area (Å²) in [5, 5.41) is 3.16. The summed E-state index contributed by atoms with van der Waals surface area (Å²) >= 11 is 1.35. The number of Topliss-reactive ketones (excluding diaryl/α,β-unsaturated/α-hetero) is 1. The minimum Gasteiger partial charge on any atom is -0.343 e. The number of fused-ring (bicyclic) bond motifs is 1. The minimum atomic E-state index is -0.706. The third kappa shape index (κ3) is 4.07. The van der Waals surface area contributed by atoms with Crippen LogP contribution in [0.2, 0.25) is 0 Å². The number of nitrogens with two attached hydrogens (primary N) is 1. The molecule has 0 unspecified atom stereocenters. The average molecular weight is 403 g/mol. The van der Waals surface area contributed by atoms with Crippen molar-refractivity contribution in [3.8, 4) is 0 Å². The average Bonchev–Trinajstić information content (AvgIpc) is 3.31. The number of hydrogen-bond donors (Lipinski definition) is 2. The molecule has 1 aromatic heterocycles. The first-order chi connectivity index (χ1) is 13.3. The van der Waals surface area contributed by atoms with Gasteiger partial charge in [-0.05, 0) is 37.8 Å². The molecule has 1 fully saturated rings. The van der Waals surface area contributed by atoms with Crippen LogP contribution < -0.4 is 11.1 Å². The summed E-state index contributed by atoms with van der Waals surface area (Å²) in [6.07, 6.45) is 1.35. The van der Waals surface area contributed by atoms with Crippen molar-refractivity contribution in [3.63, 3.8) is 0 Å². The maximum atomic E-state index is 13.2. The Morgan fingerprint density at radius 1 is 1.25 bits per heavy atom. The van der Waals surface area contributed by atoms with E-state index in [9.17, 15) is 14.4 Å². The third-order valence-corrected chi connectivity index (χ3v) is 6.04. The first-order valence-corrected chi connectivity index (χ1v) is 10.4. The fourth-order valence-electron chi connectivity index (χ4n) is 3.40. The second-order valence-electron chi connectivity index (χ2n) is 7.56. The van der Waals surface area contributed by atoms with Gasteiger partial charge in [-0.1, -0.05) is 26.0 Å². The molecule has 0 saturated carbocycles. The summed E-state index contributed by atoms with van der Waals surface area (Å²) in [6, 6.07) is 5.65. The van der Waals surface area contributed by atoms with Crippen LogP contribution in [0.5, 0.6) is 0 Å². The molecule has 1 aliphatic rings. The topological polar surface area (TPSA) is 105 Å². The lowest BCUT2D eigenvalue weighted by molar-refractivity contribution is -0.138. The number of benzene rings is 1. The van der Waals surface area contributed by atoms with Gasteiger partial charge in [-0.25, -0.2) is 4.98 Å². The molecule has 1 saturated heterocycles. The fraction of sp³-hybridized carbons (Fsp3) is 0.500. The van der Waals surface area contributed by atoms with Crippen LogP contribution in [0.4, 0.5) is 0 Å². The van der Waals surface area contributed by atoms with Crippen molar-refractivity contribution >= 4 is 39.2 Å². The molecule has 1 aliphatic heterocycles. The number of rotatable bonds is 6. The number of nitrogens with zero attached hydrogens (tertiary/aromatic N) is 2. The molecule has 0 bridgehead atoms. The van der Waals surface area contributed by atoms with Crippen molar-refractivity contribution < 1.29 is 14.4 Å². The zero-order chi connectivity index (χ0) is 20.4. The van der Waals surface area contributed by atoms with E-state index in [1.165, 1.54) is 11.3 Å². The molecule has 0 aliphatic carbocycles. The second kappa shape index (κ2) is 8.36. The number of nitrogens with one attached hydrogen (secondary N) is 1. The lowest BCUT2D eigenvalue weighted by atomic mass is 10.0. The Morgan fingerprint density at radius 2 is 1.96 bits per heavy atom. The quantitative estimate of drug-likeness (QED) is 0.719. The summed E-state index contributed by atoms with van der Waals surface area (Å²) in [4.78, 5) is 44.3. The van der Waals surface area contributed by atoms with Crippen LogP contribution >= 0.6 is 11.3 Å². The summed E-state index contributed by atoms with van der Waals surface area (Å²) in [6.45, 7) is 5.80. The van der Waals surface area contributed by atoms with Gasteiger partial charge in [-0.15, -0.1) is 11.3 Å². The number of amides is 2. The van der Waals surface area contributed by atoms with Crippen LogP contribution in [-0.4, -0.2) is 52.2 Å². The first-order valence-electron chi connectivity index (χ1n) is 9.55. The Balaban J connectivity index is 1.81. The molecule has 0 radical (unpaired) electrons. The van der Waals surface area contributed by atoms with Gasteiger partial charge in [0.05, 0.1) is 22.3 Å². The maximum absolute atomic E-state index is 13.2. The molecular formula is C20H26N4O3S. The Labute approximate surface area is 168 Å². The highest BCUT2D eigenvalue weighted by molar-refractivity contribution is 7.20. The molecule has 3 atom stereocenters. The number of thiazole rings is 1. The monoisotopic (exact) mass is 402 g/mol. The van der Waals surface area contributed by atoms with Crippen molar-refractivity contribution in [2.75, 3.05) is 6.54 Å². The fourth-order valence-corrected chi connectivity index (χ4v) is 4.35. The molecule has 28 heavy (non-hydrogen) atoms. The van der Waals surface area contributed by atoms with E-state index in [1.807, 2.05) is 38.1 Å².